The molecule has 1 aromatic rings. The van der Waals surface area contributed by atoms with E-state index in [2.05, 4.69) is 4.72 Å². The van der Waals surface area contributed by atoms with Crippen molar-refractivity contribution in [3.05, 3.63) is 23.2 Å². The monoisotopic (exact) mass is 294 g/mol. The van der Waals surface area contributed by atoms with Gasteiger partial charge in [0.2, 0.25) is 10.0 Å². The highest BCUT2D eigenvalue weighted by Gasteiger charge is 2.18. The summed E-state index contributed by atoms with van der Waals surface area (Å²) in [7, 11) is -3.56. The highest BCUT2D eigenvalue weighted by atomic mass is 35.5. The summed E-state index contributed by atoms with van der Waals surface area (Å²) in [6.07, 6.45) is 1.93. The van der Waals surface area contributed by atoms with E-state index in [-0.39, 0.29) is 15.2 Å². The molecule has 1 aromatic carbocycles. The number of thioether (sulfide) groups is 1. The van der Waals surface area contributed by atoms with Gasteiger partial charge < -0.3 is 5.73 Å². The Kier molecular flexibility index (Phi) is 5.12. The molecule has 0 amide bonds. The normalized spacial score (nSPS) is 13.6. The van der Waals surface area contributed by atoms with Crippen LogP contribution in [0.2, 0.25) is 5.02 Å². The van der Waals surface area contributed by atoms with Gasteiger partial charge in [0.1, 0.15) is 4.90 Å². The van der Waals surface area contributed by atoms with Gasteiger partial charge in [0.15, 0.2) is 0 Å². The molecule has 0 saturated heterocycles. The van der Waals surface area contributed by atoms with Crippen molar-refractivity contribution in [1.82, 2.24) is 4.72 Å². The van der Waals surface area contributed by atoms with Crippen LogP contribution in [0.4, 0.5) is 5.69 Å². The van der Waals surface area contributed by atoms with Gasteiger partial charge in [-0.1, -0.05) is 18.5 Å². The maximum atomic E-state index is 11.9. The molecule has 0 radical (unpaired) electrons. The smallest absolute Gasteiger partial charge is 0.242 e. The van der Waals surface area contributed by atoms with Crippen LogP contribution >= 0.6 is 23.4 Å². The van der Waals surface area contributed by atoms with Gasteiger partial charge in [0, 0.05) is 17.5 Å². The van der Waals surface area contributed by atoms with E-state index in [0.717, 1.165) is 0 Å². The van der Waals surface area contributed by atoms with E-state index in [4.69, 9.17) is 17.3 Å². The Bertz CT molecular complexity index is 491. The van der Waals surface area contributed by atoms with Gasteiger partial charge in [-0.15, -0.1) is 0 Å². The summed E-state index contributed by atoms with van der Waals surface area (Å²) in [5.74, 6) is 0. The Morgan fingerprint density at radius 2 is 2.18 bits per heavy atom. The summed E-state index contributed by atoms with van der Waals surface area (Å²) in [6.45, 7) is 2.31. The lowest BCUT2D eigenvalue weighted by Gasteiger charge is -2.11. The molecular weight excluding hydrogens is 280 g/mol. The molecule has 0 heterocycles. The van der Waals surface area contributed by atoms with Crippen LogP contribution in [0.25, 0.3) is 0 Å². The standard InChI is InChI=1S/C10H15ClN2O2S2/c1-7(16-2)6-13-17(14,15)10-4-3-8(12)5-9(10)11/h3-5,7,13H,6,12H2,1-2H3. The van der Waals surface area contributed by atoms with Crippen LogP contribution in [0.1, 0.15) is 6.92 Å². The van der Waals surface area contributed by atoms with Gasteiger partial charge >= 0.3 is 0 Å². The van der Waals surface area contributed by atoms with E-state index < -0.39 is 10.0 Å². The minimum absolute atomic E-state index is 0.0571. The Morgan fingerprint density at radius 1 is 1.53 bits per heavy atom. The Labute approximate surface area is 111 Å². The number of halogens is 1. The number of rotatable bonds is 5. The van der Waals surface area contributed by atoms with Crippen LogP contribution in [-0.2, 0) is 10.0 Å². The first-order valence-electron chi connectivity index (χ1n) is 4.94. The molecule has 0 spiro atoms. The number of benzene rings is 1. The zero-order valence-corrected chi connectivity index (χ0v) is 12.0. The van der Waals surface area contributed by atoms with Crippen molar-refractivity contribution >= 4 is 39.1 Å². The van der Waals surface area contributed by atoms with Crippen LogP contribution in [0.15, 0.2) is 23.1 Å². The Hall–Kier alpha value is -0.430. The van der Waals surface area contributed by atoms with Crippen molar-refractivity contribution in [2.45, 2.75) is 17.1 Å². The second kappa shape index (κ2) is 5.95. The van der Waals surface area contributed by atoms with Gasteiger partial charge in [0.25, 0.3) is 0 Å². The van der Waals surface area contributed by atoms with E-state index in [0.29, 0.717) is 12.2 Å². The number of nitrogens with two attached hydrogens (primary N) is 1. The first-order valence-corrected chi connectivity index (χ1v) is 8.09. The van der Waals surface area contributed by atoms with Crippen LogP contribution in [-0.4, -0.2) is 26.5 Å². The maximum absolute atomic E-state index is 11.9. The molecule has 0 aliphatic carbocycles. The summed E-state index contributed by atoms with van der Waals surface area (Å²) in [4.78, 5) is 0.0571. The third kappa shape index (κ3) is 4.06. The predicted octanol–water partition coefficient (Wildman–Crippen LogP) is 1.95. The van der Waals surface area contributed by atoms with E-state index >= 15 is 0 Å². The zero-order chi connectivity index (χ0) is 13.1. The molecule has 3 N–H and O–H groups in total. The highest BCUT2D eigenvalue weighted by Crippen LogP contribution is 2.23. The van der Waals surface area contributed by atoms with E-state index in [1.807, 2.05) is 13.2 Å². The van der Waals surface area contributed by atoms with Crippen LogP contribution in [0.5, 0.6) is 0 Å². The van der Waals surface area contributed by atoms with Crippen LogP contribution < -0.4 is 10.5 Å². The molecule has 1 atom stereocenters. The molecule has 0 bridgehead atoms. The molecule has 1 unspecified atom stereocenters. The Balaban J connectivity index is 2.90. The quantitative estimate of drug-likeness (QED) is 0.814. The highest BCUT2D eigenvalue weighted by molar-refractivity contribution is 7.99. The summed E-state index contributed by atoms with van der Waals surface area (Å²) in [5, 5.41) is 0.339. The lowest BCUT2D eigenvalue weighted by atomic mass is 10.3. The number of nitrogens with one attached hydrogen (secondary N) is 1. The number of hydrogen-bond donors (Lipinski definition) is 2. The second-order valence-electron chi connectivity index (χ2n) is 3.59. The van der Waals surface area contributed by atoms with Crippen molar-refractivity contribution in [2.24, 2.45) is 0 Å². The summed E-state index contributed by atoms with van der Waals surface area (Å²) in [5.41, 5.74) is 5.95. The molecule has 0 aliphatic heterocycles. The minimum atomic E-state index is -3.56. The van der Waals surface area contributed by atoms with E-state index in [1.54, 1.807) is 11.8 Å². The lowest BCUT2D eigenvalue weighted by molar-refractivity contribution is 0.581. The average molecular weight is 295 g/mol. The SMILES string of the molecule is CSC(C)CNS(=O)(=O)c1ccc(N)cc1Cl. The van der Waals surface area contributed by atoms with E-state index in [9.17, 15) is 8.42 Å². The first-order chi connectivity index (χ1) is 7.86. The largest absolute Gasteiger partial charge is 0.399 e. The second-order valence-corrected chi connectivity index (χ2v) is 7.01. The third-order valence-corrected chi connectivity index (χ3v) is 5.09. The fraction of sp³-hybridized carbons (Fsp3) is 0.400. The number of hydrogen-bond acceptors (Lipinski definition) is 4. The molecule has 0 saturated carbocycles. The molecule has 4 nitrogen and oxygen atoms in total. The van der Waals surface area contributed by atoms with Crippen LogP contribution in [0, 0.1) is 0 Å². The zero-order valence-electron chi connectivity index (χ0n) is 9.60. The van der Waals surface area contributed by atoms with Crippen molar-refractivity contribution in [1.29, 1.82) is 0 Å². The van der Waals surface area contributed by atoms with E-state index in [1.165, 1.54) is 18.2 Å². The molecule has 7 heteroatoms. The van der Waals surface area contributed by atoms with Crippen molar-refractivity contribution in [2.75, 3.05) is 18.5 Å². The van der Waals surface area contributed by atoms with Crippen molar-refractivity contribution in [3.8, 4) is 0 Å². The maximum Gasteiger partial charge on any atom is 0.242 e. The summed E-state index contributed by atoms with van der Waals surface area (Å²) in [6, 6.07) is 4.34. The molecule has 96 valence electrons. The molecule has 0 aromatic heterocycles. The van der Waals surface area contributed by atoms with Crippen molar-refractivity contribution < 1.29 is 8.42 Å². The third-order valence-electron chi connectivity index (χ3n) is 2.21. The molecular formula is C10H15ClN2O2S2. The fourth-order valence-electron chi connectivity index (χ4n) is 1.12. The van der Waals surface area contributed by atoms with Gasteiger partial charge in [-0.05, 0) is 24.5 Å². The van der Waals surface area contributed by atoms with Gasteiger partial charge in [-0.2, -0.15) is 11.8 Å². The minimum Gasteiger partial charge on any atom is -0.399 e. The van der Waals surface area contributed by atoms with Gasteiger partial charge in [0.05, 0.1) is 5.02 Å². The summed E-state index contributed by atoms with van der Waals surface area (Å²) < 4.78 is 26.4. The van der Waals surface area contributed by atoms with Crippen molar-refractivity contribution in [3.63, 3.8) is 0 Å². The lowest BCUT2D eigenvalue weighted by Crippen LogP contribution is -2.29. The molecule has 0 fully saturated rings. The average Bonchev–Trinajstić information content (AvgIpc) is 2.25. The predicted molar refractivity (Wildman–Crippen MR) is 74.0 cm³/mol. The topological polar surface area (TPSA) is 72.2 Å². The summed E-state index contributed by atoms with van der Waals surface area (Å²) >= 11 is 7.45. The number of anilines is 1. The van der Waals surface area contributed by atoms with Crippen LogP contribution in [0.3, 0.4) is 0 Å². The number of sulfonamides is 1. The Morgan fingerprint density at radius 3 is 2.71 bits per heavy atom. The number of nitrogen functional groups attached to an aromatic ring is 1. The van der Waals surface area contributed by atoms with Gasteiger partial charge in [-0.25, -0.2) is 13.1 Å². The first kappa shape index (κ1) is 14.6. The fourth-order valence-corrected chi connectivity index (χ4v) is 3.16. The van der Waals surface area contributed by atoms with Gasteiger partial charge in [-0.3, -0.25) is 0 Å². The molecule has 1 rings (SSSR count). The molecule has 17 heavy (non-hydrogen) atoms. The molecule has 0 aliphatic rings.